The van der Waals surface area contributed by atoms with E-state index in [-0.39, 0.29) is 17.1 Å². The van der Waals surface area contributed by atoms with Gasteiger partial charge in [0, 0.05) is 16.2 Å². The molecule has 0 saturated heterocycles. The Morgan fingerprint density at radius 3 is 2.40 bits per heavy atom. The van der Waals surface area contributed by atoms with Gasteiger partial charge in [-0.1, -0.05) is 46.9 Å². The van der Waals surface area contributed by atoms with Gasteiger partial charge in [0.2, 0.25) is 0 Å². The summed E-state index contributed by atoms with van der Waals surface area (Å²) in [6, 6.07) is 11.7. The summed E-state index contributed by atoms with van der Waals surface area (Å²) in [5.74, 6) is -1.31. The predicted octanol–water partition coefficient (Wildman–Crippen LogP) is 4.35. The molecular weight excluding hydrogens is 387 g/mol. The lowest BCUT2D eigenvalue weighted by Crippen LogP contribution is -2.24. The number of carboxylic acids is 1. The zero-order chi connectivity index (χ0) is 18.1. The van der Waals surface area contributed by atoms with Crippen LogP contribution in [0.4, 0.5) is 0 Å². The molecule has 0 spiro atoms. The van der Waals surface area contributed by atoms with Gasteiger partial charge in [-0.2, -0.15) is 0 Å². The Labute approximate surface area is 157 Å². The van der Waals surface area contributed by atoms with Crippen LogP contribution in [0.1, 0.15) is 15.9 Å². The van der Waals surface area contributed by atoms with Crippen molar-refractivity contribution >= 4 is 40.8 Å². The lowest BCUT2D eigenvalue weighted by molar-refractivity contribution is 0.0695. The van der Waals surface area contributed by atoms with E-state index >= 15 is 0 Å². The Kier molecular flexibility index (Phi) is 4.90. The van der Waals surface area contributed by atoms with Gasteiger partial charge in [0.05, 0.1) is 17.3 Å². The van der Waals surface area contributed by atoms with E-state index in [2.05, 4.69) is 0 Å². The first-order chi connectivity index (χ1) is 11.9. The zero-order valence-electron chi connectivity index (χ0n) is 12.6. The molecule has 3 rings (SSSR count). The summed E-state index contributed by atoms with van der Waals surface area (Å²) in [6.07, 6.45) is 1.27. The van der Waals surface area contributed by atoms with Crippen molar-refractivity contribution in [3.05, 3.63) is 85.2 Å². The van der Waals surface area contributed by atoms with Crippen LogP contribution in [-0.4, -0.2) is 20.4 Å². The number of carbonyl (C=O) groups is 1. The average Bonchev–Trinajstić information content (AvgIpc) is 2.84. The number of rotatable bonds is 4. The molecule has 0 aliphatic rings. The molecule has 1 N–H and O–H groups in total. The first-order valence-corrected chi connectivity index (χ1v) is 8.26. The van der Waals surface area contributed by atoms with Gasteiger partial charge in [-0.15, -0.1) is 0 Å². The van der Waals surface area contributed by atoms with E-state index in [4.69, 9.17) is 34.8 Å². The van der Waals surface area contributed by atoms with Crippen LogP contribution in [0.5, 0.6) is 0 Å². The molecule has 0 amide bonds. The number of aromatic nitrogens is 2. The Morgan fingerprint density at radius 1 is 1.04 bits per heavy atom. The average molecular weight is 398 g/mol. The lowest BCUT2D eigenvalue weighted by atomic mass is 10.2. The number of nitrogens with zero attached hydrogens (tertiary/aromatic N) is 2. The van der Waals surface area contributed by atoms with E-state index < -0.39 is 11.5 Å². The van der Waals surface area contributed by atoms with Gasteiger partial charge in [-0.25, -0.2) is 9.48 Å². The molecule has 0 atom stereocenters. The van der Waals surface area contributed by atoms with E-state index in [1.807, 2.05) is 6.07 Å². The molecule has 2 aromatic carbocycles. The quantitative estimate of drug-likeness (QED) is 0.712. The van der Waals surface area contributed by atoms with Crippen LogP contribution in [0.2, 0.25) is 15.1 Å². The first-order valence-electron chi connectivity index (χ1n) is 7.12. The Morgan fingerprint density at radius 2 is 1.76 bits per heavy atom. The maximum atomic E-state index is 12.6. The summed E-state index contributed by atoms with van der Waals surface area (Å²) < 4.78 is 2.69. The Hall–Kier alpha value is -2.21. The van der Waals surface area contributed by atoms with Crippen LogP contribution in [0.15, 0.2) is 53.5 Å². The van der Waals surface area contributed by atoms with Crippen molar-refractivity contribution in [2.24, 2.45) is 0 Å². The van der Waals surface area contributed by atoms with Crippen molar-refractivity contribution in [1.29, 1.82) is 0 Å². The smallest absolute Gasteiger partial charge is 0.342 e. The number of carboxylic acid groups (broad SMARTS) is 1. The molecule has 0 bridgehead atoms. The molecule has 0 radical (unpaired) electrons. The minimum atomic E-state index is -1.31. The Bertz CT molecular complexity index is 1020. The molecule has 0 unspecified atom stereocenters. The second-order valence-corrected chi connectivity index (χ2v) is 6.57. The summed E-state index contributed by atoms with van der Waals surface area (Å²) in [6.45, 7) is 0.238. The number of benzene rings is 2. The number of hydrogen-bond donors (Lipinski definition) is 1. The highest BCUT2D eigenvalue weighted by molar-refractivity contribution is 6.35. The maximum absolute atomic E-state index is 12.6. The summed E-state index contributed by atoms with van der Waals surface area (Å²) in [4.78, 5) is 23.9. The minimum absolute atomic E-state index is 0.233. The zero-order valence-corrected chi connectivity index (χ0v) is 14.9. The molecule has 5 nitrogen and oxygen atoms in total. The van der Waals surface area contributed by atoms with E-state index in [1.165, 1.54) is 21.6 Å². The van der Waals surface area contributed by atoms with E-state index in [1.54, 1.807) is 30.3 Å². The highest BCUT2D eigenvalue weighted by Crippen LogP contribution is 2.24. The van der Waals surface area contributed by atoms with Gasteiger partial charge in [-0.3, -0.25) is 9.48 Å². The summed E-state index contributed by atoms with van der Waals surface area (Å²) in [5, 5.41) is 10.5. The molecule has 0 saturated carbocycles. The van der Waals surface area contributed by atoms with Crippen molar-refractivity contribution in [1.82, 2.24) is 9.36 Å². The fraction of sp³-hybridized carbons (Fsp3) is 0.0588. The van der Waals surface area contributed by atoms with Crippen molar-refractivity contribution in [3.63, 3.8) is 0 Å². The normalized spacial score (nSPS) is 10.8. The standard InChI is InChI=1S/C17H11Cl3N2O3/c18-11-3-1-2-10(6-11)8-21-9-13(17(24)25)16(23)22(21)15-5-4-12(19)7-14(15)20/h1-7,9H,8H2,(H,24,25). The van der Waals surface area contributed by atoms with E-state index in [0.29, 0.717) is 15.7 Å². The maximum Gasteiger partial charge on any atom is 0.342 e. The van der Waals surface area contributed by atoms with Crippen LogP contribution < -0.4 is 5.56 Å². The summed E-state index contributed by atoms with van der Waals surface area (Å²) >= 11 is 18.1. The molecule has 0 aliphatic heterocycles. The van der Waals surface area contributed by atoms with Gasteiger partial charge >= 0.3 is 5.97 Å². The van der Waals surface area contributed by atoms with Crippen molar-refractivity contribution in [2.45, 2.75) is 6.54 Å². The molecule has 25 heavy (non-hydrogen) atoms. The van der Waals surface area contributed by atoms with Gasteiger partial charge in [0.15, 0.2) is 0 Å². The minimum Gasteiger partial charge on any atom is -0.477 e. The van der Waals surface area contributed by atoms with Gasteiger partial charge < -0.3 is 5.11 Å². The van der Waals surface area contributed by atoms with Gasteiger partial charge in [0.25, 0.3) is 5.56 Å². The molecule has 1 aromatic heterocycles. The largest absolute Gasteiger partial charge is 0.477 e. The van der Waals surface area contributed by atoms with Crippen LogP contribution in [0.3, 0.4) is 0 Å². The van der Waals surface area contributed by atoms with Crippen molar-refractivity contribution in [2.75, 3.05) is 0 Å². The van der Waals surface area contributed by atoms with E-state index in [0.717, 1.165) is 5.56 Å². The van der Waals surface area contributed by atoms with Crippen LogP contribution in [-0.2, 0) is 6.54 Å². The third-order valence-corrected chi connectivity index (χ3v) is 4.33. The molecule has 0 aliphatic carbocycles. The second kappa shape index (κ2) is 6.96. The first kappa shape index (κ1) is 17.6. The highest BCUT2D eigenvalue weighted by atomic mass is 35.5. The SMILES string of the molecule is O=C(O)c1cn(Cc2cccc(Cl)c2)n(-c2ccc(Cl)cc2Cl)c1=O. The second-order valence-electron chi connectivity index (χ2n) is 5.29. The fourth-order valence-electron chi connectivity index (χ4n) is 2.48. The highest BCUT2D eigenvalue weighted by Gasteiger charge is 2.20. The fourth-order valence-corrected chi connectivity index (χ4v) is 3.18. The number of aromatic carboxylic acids is 1. The molecule has 1 heterocycles. The van der Waals surface area contributed by atoms with Crippen molar-refractivity contribution < 1.29 is 9.90 Å². The summed E-state index contributed by atoms with van der Waals surface area (Å²) in [5.41, 5.74) is 0.107. The van der Waals surface area contributed by atoms with Crippen molar-refractivity contribution in [3.8, 4) is 5.69 Å². The van der Waals surface area contributed by atoms with Crippen LogP contribution in [0, 0.1) is 0 Å². The molecular formula is C17H11Cl3N2O3. The van der Waals surface area contributed by atoms with Crippen LogP contribution >= 0.6 is 34.8 Å². The van der Waals surface area contributed by atoms with Gasteiger partial charge in [-0.05, 0) is 35.9 Å². The van der Waals surface area contributed by atoms with Gasteiger partial charge in [0.1, 0.15) is 5.56 Å². The molecule has 3 aromatic rings. The molecule has 8 heteroatoms. The predicted molar refractivity (Wildman–Crippen MR) is 97.6 cm³/mol. The third-order valence-electron chi connectivity index (χ3n) is 3.56. The Balaban J connectivity index is 2.19. The molecule has 0 fully saturated rings. The molecule has 128 valence electrons. The topological polar surface area (TPSA) is 64.2 Å². The summed E-state index contributed by atoms with van der Waals surface area (Å²) in [7, 11) is 0. The van der Waals surface area contributed by atoms with E-state index in [9.17, 15) is 14.7 Å². The number of halogens is 3. The number of hydrogen-bond acceptors (Lipinski definition) is 2. The monoisotopic (exact) mass is 396 g/mol. The van der Waals surface area contributed by atoms with Crippen LogP contribution in [0.25, 0.3) is 5.69 Å². The lowest BCUT2D eigenvalue weighted by Gasteiger charge is -2.13. The third kappa shape index (κ3) is 3.58.